The Hall–Kier alpha value is -0.670. The van der Waals surface area contributed by atoms with Gasteiger partial charge in [0.1, 0.15) is 5.75 Å². The van der Waals surface area contributed by atoms with Gasteiger partial charge in [-0.05, 0) is 24.3 Å². The first-order valence-electron chi connectivity index (χ1n) is 7.56. The zero-order valence-corrected chi connectivity index (χ0v) is 14.4. The van der Waals surface area contributed by atoms with Gasteiger partial charge in [-0.2, -0.15) is 4.31 Å². The van der Waals surface area contributed by atoms with Gasteiger partial charge < -0.3 is 9.47 Å². The van der Waals surface area contributed by atoms with Crippen LogP contribution in [0.5, 0.6) is 5.75 Å². The van der Waals surface area contributed by atoms with Gasteiger partial charge in [-0.3, -0.25) is 4.90 Å². The standard InChI is InChI=1S/C14H22N2O4S2/c1-19-13-4-10-21-14(13)22(17,18)16-5-2-3-12(11-16)15-6-8-20-9-7-15/h4,10,12H,2-3,5-9,11H2,1H3. The molecule has 2 saturated heterocycles. The Morgan fingerprint density at radius 2 is 2.09 bits per heavy atom. The topological polar surface area (TPSA) is 59.1 Å². The molecule has 0 aromatic carbocycles. The van der Waals surface area contributed by atoms with Gasteiger partial charge in [0.15, 0.2) is 4.21 Å². The van der Waals surface area contributed by atoms with Crippen molar-refractivity contribution in [2.75, 3.05) is 46.5 Å². The van der Waals surface area contributed by atoms with E-state index in [2.05, 4.69) is 4.90 Å². The van der Waals surface area contributed by atoms with Crippen molar-refractivity contribution in [2.24, 2.45) is 0 Å². The third-order valence-corrected chi connectivity index (χ3v) is 7.60. The molecule has 1 aromatic rings. The van der Waals surface area contributed by atoms with Gasteiger partial charge in [0.05, 0.1) is 20.3 Å². The van der Waals surface area contributed by atoms with Crippen molar-refractivity contribution in [1.29, 1.82) is 0 Å². The molecular formula is C14H22N2O4S2. The van der Waals surface area contributed by atoms with E-state index in [4.69, 9.17) is 9.47 Å². The minimum absolute atomic E-state index is 0.290. The van der Waals surface area contributed by atoms with Gasteiger partial charge >= 0.3 is 0 Å². The summed E-state index contributed by atoms with van der Waals surface area (Å²) < 4.78 is 38.2. The van der Waals surface area contributed by atoms with Crippen molar-refractivity contribution < 1.29 is 17.9 Å². The summed E-state index contributed by atoms with van der Waals surface area (Å²) in [5.41, 5.74) is 0. The molecular weight excluding hydrogens is 324 g/mol. The number of thiophene rings is 1. The monoisotopic (exact) mass is 346 g/mol. The van der Waals surface area contributed by atoms with Crippen molar-refractivity contribution in [1.82, 2.24) is 9.21 Å². The van der Waals surface area contributed by atoms with E-state index in [9.17, 15) is 8.42 Å². The zero-order chi connectivity index (χ0) is 15.6. The first-order valence-corrected chi connectivity index (χ1v) is 9.88. The normalized spacial score (nSPS) is 25.2. The molecule has 124 valence electrons. The fourth-order valence-corrected chi connectivity index (χ4v) is 6.05. The third kappa shape index (κ3) is 3.16. The number of piperidine rings is 1. The summed E-state index contributed by atoms with van der Waals surface area (Å²) in [5, 5.41) is 1.76. The average Bonchev–Trinajstić information content (AvgIpc) is 3.05. The number of methoxy groups -OCH3 is 1. The molecule has 22 heavy (non-hydrogen) atoms. The van der Waals surface area contributed by atoms with Crippen LogP contribution in [-0.4, -0.2) is 70.2 Å². The van der Waals surface area contributed by atoms with E-state index in [1.807, 2.05) is 0 Å². The maximum Gasteiger partial charge on any atom is 0.256 e. The number of rotatable bonds is 4. The van der Waals surface area contributed by atoms with Gasteiger partial charge in [-0.1, -0.05) is 0 Å². The van der Waals surface area contributed by atoms with E-state index < -0.39 is 10.0 Å². The highest BCUT2D eigenvalue weighted by Gasteiger charge is 2.35. The first kappa shape index (κ1) is 16.2. The number of nitrogens with zero attached hydrogens (tertiary/aromatic N) is 2. The molecule has 2 fully saturated rings. The number of morpholine rings is 1. The lowest BCUT2D eigenvalue weighted by molar-refractivity contribution is 0.00538. The molecule has 2 aliphatic rings. The van der Waals surface area contributed by atoms with Crippen LogP contribution in [0, 0.1) is 0 Å². The molecule has 8 heteroatoms. The Balaban J connectivity index is 1.76. The molecule has 1 aromatic heterocycles. The molecule has 0 radical (unpaired) electrons. The van der Waals surface area contributed by atoms with Crippen LogP contribution in [-0.2, 0) is 14.8 Å². The Morgan fingerprint density at radius 1 is 1.32 bits per heavy atom. The van der Waals surface area contributed by atoms with E-state index in [-0.39, 0.29) is 0 Å². The SMILES string of the molecule is COc1ccsc1S(=O)(=O)N1CCCC(N2CCOCC2)C1. The van der Waals surface area contributed by atoms with Crippen molar-refractivity contribution >= 4 is 21.4 Å². The average molecular weight is 346 g/mol. The largest absolute Gasteiger partial charge is 0.494 e. The second kappa shape index (κ2) is 6.84. The molecule has 0 bridgehead atoms. The molecule has 1 unspecified atom stereocenters. The number of sulfonamides is 1. The molecule has 0 aliphatic carbocycles. The van der Waals surface area contributed by atoms with Crippen LogP contribution in [0.2, 0.25) is 0 Å². The maximum absolute atomic E-state index is 12.9. The summed E-state index contributed by atoms with van der Waals surface area (Å²) >= 11 is 1.22. The van der Waals surface area contributed by atoms with Crippen molar-refractivity contribution in [3.8, 4) is 5.75 Å². The highest BCUT2D eigenvalue weighted by molar-refractivity contribution is 7.91. The van der Waals surface area contributed by atoms with E-state index in [0.29, 0.717) is 29.1 Å². The van der Waals surface area contributed by atoms with Crippen molar-refractivity contribution in [3.63, 3.8) is 0 Å². The lowest BCUT2D eigenvalue weighted by Gasteiger charge is -2.40. The third-order valence-electron chi connectivity index (χ3n) is 4.31. The molecule has 0 saturated carbocycles. The molecule has 0 N–H and O–H groups in total. The Labute approximate surface area is 135 Å². The molecule has 0 amide bonds. The molecule has 3 rings (SSSR count). The van der Waals surface area contributed by atoms with Crippen LogP contribution in [0.15, 0.2) is 15.7 Å². The van der Waals surface area contributed by atoms with Crippen LogP contribution in [0.4, 0.5) is 0 Å². The maximum atomic E-state index is 12.9. The molecule has 2 aliphatic heterocycles. The summed E-state index contributed by atoms with van der Waals surface area (Å²) in [6, 6.07) is 2.00. The van der Waals surface area contributed by atoms with E-state index in [0.717, 1.165) is 39.1 Å². The predicted molar refractivity (Wildman–Crippen MR) is 85.0 cm³/mol. The van der Waals surface area contributed by atoms with E-state index >= 15 is 0 Å². The van der Waals surface area contributed by atoms with Crippen molar-refractivity contribution in [3.05, 3.63) is 11.4 Å². The smallest absolute Gasteiger partial charge is 0.256 e. The Kier molecular flexibility index (Phi) is 5.03. The van der Waals surface area contributed by atoms with E-state index in [1.54, 1.807) is 15.8 Å². The zero-order valence-electron chi connectivity index (χ0n) is 12.7. The summed E-state index contributed by atoms with van der Waals surface area (Å²) in [6.07, 6.45) is 1.95. The Bertz CT molecular complexity index is 596. The highest BCUT2D eigenvalue weighted by Crippen LogP contribution is 2.33. The van der Waals surface area contributed by atoms with Crippen LogP contribution in [0.3, 0.4) is 0 Å². The summed E-state index contributed by atoms with van der Waals surface area (Å²) in [7, 11) is -1.96. The second-order valence-electron chi connectivity index (χ2n) is 5.58. The summed E-state index contributed by atoms with van der Waals surface area (Å²) in [5.74, 6) is 0.443. The molecule has 6 nitrogen and oxygen atoms in total. The summed E-state index contributed by atoms with van der Waals surface area (Å²) in [6.45, 7) is 4.40. The van der Waals surface area contributed by atoms with Crippen LogP contribution in [0.25, 0.3) is 0 Å². The quantitative estimate of drug-likeness (QED) is 0.821. The minimum atomic E-state index is -3.46. The Morgan fingerprint density at radius 3 is 2.82 bits per heavy atom. The summed E-state index contributed by atoms with van der Waals surface area (Å²) in [4.78, 5) is 2.36. The van der Waals surface area contributed by atoms with E-state index in [1.165, 1.54) is 18.4 Å². The van der Waals surface area contributed by atoms with Gasteiger partial charge in [-0.25, -0.2) is 8.42 Å². The number of hydrogen-bond acceptors (Lipinski definition) is 6. The van der Waals surface area contributed by atoms with Gasteiger partial charge in [-0.15, -0.1) is 11.3 Å². The van der Waals surface area contributed by atoms with Crippen LogP contribution >= 0.6 is 11.3 Å². The van der Waals surface area contributed by atoms with Gasteiger partial charge in [0.2, 0.25) is 0 Å². The number of ether oxygens (including phenoxy) is 2. The fraction of sp³-hybridized carbons (Fsp3) is 0.714. The van der Waals surface area contributed by atoms with Crippen LogP contribution < -0.4 is 4.74 Å². The fourth-order valence-electron chi connectivity index (χ4n) is 3.12. The number of hydrogen-bond donors (Lipinski definition) is 0. The minimum Gasteiger partial charge on any atom is -0.494 e. The molecule has 0 spiro atoms. The predicted octanol–water partition coefficient (Wildman–Crippen LogP) is 1.24. The lowest BCUT2D eigenvalue weighted by Crippen LogP contribution is -2.52. The molecule has 3 heterocycles. The lowest BCUT2D eigenvalue weighted by atomic mass is 10.1. The second-order valence-corrected chi connectivity index (χ2v) is 8.63. The van der Waals surface area contributed by atoms with Crippen molar-refractivity contribution in [2.45, 2.75) is 23.1 Å². The van der Waals surface area contributed by atoms with Gasteiger partial charge in [0.25, 0.3) is 10.0 Å². The van der Waals surface area contributed by atoms with Crippen LogP contribution in [0.1, 0.15) is 12.8 Å². The first-order chi connectivity index (χ1) is 10.6. The molecule has 1 atom stereocenters. The van der Waals surface area contributed by atoms with Gasteiger partial charge in [0, 0.05) is 32.2 Å². The highest BCUT2D eigenvalue weighted by atomic mass is 32.2.